The minimum Gasteiger partial charge on any atom is -0.421 e. The molecule has 0 atom stereocenters. The number of benzene rings is 3. The van der Waals surface area contributed by atoms with Gasteiger partial charge in [-0.2, -0.15) is 5.26 Å². The second-order valence-corrected chi connectivity index (χ2v) is 8.52. The highest BCUT2D eigenvalue weighted by molar-refractivity contribution is 5.87. The molecular weight excluding hydrogens is 501 g/mol. The molecule has 0 saturated heterocycles. The molecule has 0 N–H and O–H groups in total. The second-order valence-electron chi connectivity index (χ2n) is 8.52. The van der Waals surface area contributed by atoms with Gasteiger partial charge in [-0.3, -0.25) is 0 Å². The number of nitrogens with zero attached hydrogens (tertiary/aromatic N) is 3. The van der Waals surface area contributed by atoms with Crippen LogP contribution in [0, 0.1) is 17.1 Å². The van der Waals surface area contributed by atoms with E-state index in [2.05, 4.69) is 16.9 Å². The van der Waals surface area contributed by atoms with E-state index >= 15 is 0 Å². The highest BCUT2D eigenvalue weighted by atomic mass is 19.1. The van der Waals surface area contributed by atoms with Crippen molar-refractivity contribution in [3.05, 3.63) is 102 Å². The van der Waals surface area contributed by atoms with Crippen molar-refractivity contribution in [2.24, 2.45) is 0 Å². The first-order chi connectivity index (χ1) is 18.9. The first-order valence-electron chi connectivity index (χ1n) is 12.3. The number of hydrogen-bond acceptors (Lipinski definition) is 8. The summed E-state index contributed by atoms with van der Waals surface area (Å²) in [7, 11) is 0. The summed E-state index contributed by atoms with van der Waals surface area (Å²) < 4.78 is 29.1. The number of hydrogen-bond donors (Lipinski definition) is 0. The van der Waals surface area contributed by atoms with Gasteiger partial charge in [-0.05, 0) is 65.9 Å². The Morgan fingerprint density at radius 1 is 0.821 bits per heavy atom. The van der Waals surface area contributed by atoms with Crippen LogP contribution < -0.4 is 14.2 Å². The van der Waals surface area contributed by atoms with Crippen LogP contribution in [-0.4, -0.2) is 22.1 Å². The number of unbranched alkanes of at least 4 members (excludes halogenated alkanes) is 2. The summed E-state index contributed by atoms with van der Waals surface area (Å²) in [5, 5.41) is 8.77. The molecule has 0 spiro atoms. The molecule has 0 radical (unpaired) electrons. The number of aromatic nitrogens is 2. The summed E-state index contributed by atoms with van der Waals surface area (Å²) in [6, 6.07) is 18.6. The Hall–Kier alpha value is -5.10. The summed E-state index contributed by atoms with van der Waals surface area (Å²) in [4.78, 5) is 32.7. The van der Waals surface area contributed by atoms with E-state index in [0.717, 1.165) is 48.4 Å². The molecule has 1 heterocycles. The molecule has 9 heteroatoms. The molecule has 0 aliphatic heterocycles. The number of carbonyl (C=O) groups excluding carboxylic acids is 2. The van der Waals surface area contributed by atoms with Crippen LogP contribution in [0.15, 0.2) is 79.1 Å². The van der Waals surface area contributed by atoms with Crippen molar-refractivity contribution in [3.8, 4) is 34.4 Å². The van der Waals surface area contributed by atoms with E-state index in [1.165, 1.54) is 12.1 Å². The number of halogens is 1. The lowest BCUT2D eigenvalue weighted by atomic mass is 10.1. The first-order valence-corrected chi connectivity index (χ1v) is 12.3. The molecule has 0 bridgehead atoms. The fraction of sp³-hybridized carbons (Fsp3) is 0.167. The van der Waals surface area contributed by atoms with Crippen LogP contribution in [-0.2, 0) is 6.42 Å². The maximum atomic E-state index is 13.7. The van der Waals surface area contributed by atoms with Crippen LogP contribution >= 0.6 is 0 Å². The fourth-order valence-corrected chi connectivity index (χ4v) is 3.62. The predicted molar refractivity (Wildman–Crippen MR) is 140 cm³/mol. The van der Waals surface area contributed by atoms with Crippen molar-refractivity contribution in [2.75, 3.05) is 0 Å². The van der Waals surface area contributed by atoms with Gasteiger partial charge in [0.25, 0.3) is 0 Å². The first kappa shape index (κ1) is 26.9. The molecular formula is C30H24FN3O5. The average molecular weight is 526 g/mol. The monoisotopic (exact) mass is 525 g/mol. The van der Waals surface area contributed by atoms with Crippen LogP contribution in [0.2, 0.25) is 0 Å². The largest absolute Gasteiger partial charge is 0.519 e. The van der Waals surface area contributed by atoms with Gasteiger partial charge in [-0.15, -0.1) is 0 Å². The number of ether oxygens (including phenoxy) is 3. The Kier molecular flexibility index (Phi) is 8.93. The quantitative estimate of drug-likeness (QED) is 0.103. The lowest BCUT2D eigenvalue weighted by molar-refractivity contribution is 0.0721. The fourth-order valence-electron chi connectivity index (χ4n) is 3.62. The molecule has 0 amide bonds. The van der Waals surface area contributed by atoms with Gasteiger partial charge in [-0.25, -0.2) is 23.9 Å². The summed E-state index contributed by atoms with van der Waals surface area (Å²) in [6.07, 6.45) is 6.46. The van der Waals surface area contributed by atoms with Crippen molar-refractivity contribution in [2.45, 2.75) is 32.6 Å². The van der Waals surface area contributed by atoms with E-state index in [-0.39, 0.29) is 22.9 Å². The molecule has 196 valence electrons. The van der Waals surface area contributed by atoms with E-state index < -0.39 is 17.9 Å². The van der Waals surface area contributed by atoms with Crippen LogP contribution in [0.25, 0.3) is 11.1 Å². The minimum absolute atomic E-state index is 0.00301. The third-order valence-electron chi connectivity index (χ3n) is 5.67. The van der Waals surface area contributed by atoms with Crippen molar-refractivity contribution < 1.29 is 28.2 Å². The summed E-state index contributed by atoms with van der Waals surface area (Å²) in [5.41, 5.74) is 2.49. The lowest BCUT2D eigenvalue weighted by Crippen LogP contribution is -2.13. The summed E-state index contributed by atoms with van der Waals surface area (Å²) in [5.74, 6) is -0.953. The molecule has 0 unspecified atom stereocenters. The van der Waals surface area contributed by atoms with Crippen molar-refractivity contribution in [1.82, 2.24) is 9.97 Å². The van der Waals surface area contributed by atoms with Crippen LogP contribution in [0.5, 0.6) is 17.2 Å². The molecule has 0 fully saturated rings. The zero-order chi connectivity index (χ0) is 27.6. The Balaban J connectivity index is 1.31. The Bertz CT molecular complexity index is 1480. The molecule has 3 aromatic carbocycles. The Morgan fingerprint density at radius 2 is 1.38 bits per heavy atom. The molecule has 0 aliphatic rings. The zero-order valence-corrected chi connectivity index (χ0v) is 21.1. The van der Waals surface area contributed by atoms with E-state index in [0.29, 0.717) is 5.75 Å². The smallest absolute Gasteiger partial charge is 0.421 e. The number of nitriles is 1. The van der Waals surface area contributed by atoms with Gasteiger partial charge >= 0.3 is 12.1 Å². The van der Waals surface area contributed by atoms with Gasteiger partial charge in [0.15, 0.2) is 0 Å². The highest BCUT2D eigenvalue weighted by Gasteiger charge is 2.13. The van der Waals surface area contributed by atoms with Gasteiger partial charge in [0, 0.05) is 18.5 Å². The molecule has 0 aliphatic carbocycles. The molecule has 8 nitrogen and oxygen atoms in total. The van der Waals surface area contributed by atoms with Gasteiger partial charge in [0.2, 0.25) is 5.82 Å². The van der Waals surface area contributed by atoms with Gasteiger partial charge in [0.1, 0.15) is 29.1 Å². The third kappa shape index (κ3) is 7.46. The molecule has 39 heavy (non-hydrogen) atoms. The summed E-state index contributed by atoms with van der Waals surface area (Å²) in [6.45, 7) is 2.14. The zero-order valence-electron chi connectivity index (χ0n) is 21.1. The van der Waals surface area contributed by atoms with Crippen LogP contribution in [0.4, 0.5) is 9.18 Å². The number of aryl methyl sites for hydroxylation is 1. The Morgan fingerprint density at radius 3 is 1.95 bits per heavy atom. The SMILES string of the molecule is CCCCCc1cnc(C(=O)Oc2ccc(-c3ccc(OC(=O)Oc4ccc(C#N)c(F)c4)cc3)cc2)nc1. The maximum absolute atomic E-state index is 13.7. The summed E-state index contributed by atoms with van der Waals surface area (Å²) >= 11 is 0. The molecule has 4 aromatic rings. The van der Waals surface area contributed by atoms with E-state index in [1.807, 2.05) is 0 Å². The standard InChI is InChI=1S/C30H24FN3O5/c1-2-3-4-5-20-18-33-28(34-19-20)29(35)37-24-11-6-21(7-12-24)22-8-13-25(14-9-22)38-30(36)39-26-15-10-23(17-32)27(31)16-26/h6-16,18-19H,2-5H2,1H3. The average Bonchev–Trinajstić information content (AvgIpc) is 2.94. The van der Waals surface area contributed by atoms with Crippen LogP contribution in [0.3, 0.4) is 0 Å². The van der Waals surface area contributed by atoms with Crippen molar-refractivity contribution in [1.29, 1.82) is 5.26 Å². The predicted octanol–water partition coefficient (Wildman–Crippen LogP) is 6.68. The second kappa shape index (κ2) is 12.9. The third-order valence-corrected chi connectivity index (χ3v) is 5.67. The Labute approximate surface area is 224 Å². The van der Waals surface area contributed by atoms with Gasteiger partial charge in [0.05, 0.1) is 5.56 Å². The minimum atomic E-state index is -1.05. The number of rotatable bonds is 9. The topological polar surface area (TPSA) is 111 Å². The molecule has 0 saturated carbocycles. The van der Waals surface area contributed by atoms with Crippen molar-refractivity contribution >= 4 is 12.1 Å². The number of carbonyl (C=O) groups is 2. The highest BCUT2D eigenvalue weighted by Crippen LogP contribution is 2.25. The van der Waals surface area contributed by atoms with Crippen LogP contribution in [0.1, 0.15) is 47.9 Å². The van der Waals surface area contributed by atoms with E-state index in [4.69, 9.17) is 19.5 Å². The van der Waals surface area contributed by atoms with Crippen molar-refractivity contribution in [3.63, 3.8) is 0 Å². The maximum Gasteiger partial charge on any atom is 0.519 e. The van der Waals surface area contributed by atoms with Gasteiger partial charge < -0.3 is 14.2 Å². The molecule has 4 rings (SSSR count). The number of esters is 1. The van der Waals surface area contributed by atoms with E-state index in [1.54, 1.807) is 67.0 Å². The molecule has 1 aromatic heterocycles. The van der Waals surface area contributed by atoms with Gasteiger partial charge in [-0.1, -0.05) is 44.0 Å². The lowest BCUT2D eigenvalue weighted by Gasteiger charge is -2.08. The normalized spacial score (nSPS) is 10.4. The van der Waals surface area contributed by atoms with E-state index in [9.17, 15) is 14.0 Å².